The molecule has 26 heavy (non-hydrogen) atoms. The van der Waals surface area contributed by atoms with Crippen LogP contribution in [0.1, 0.15) is 7.43 Å². The Labute approximate surface area is 261 Å². The summed E-state index contributed by atoms with van der Waals surface area (Å²) in [6.45, 7) is 0. The first kappa shape index (κ1) is 44.6. The maximum absolute atomic E-state index is 10.1. The summed E-state index contributed by atoms with van der Waals surface area (Å²) in [6.07, 6.45) is 0. The number of phosphoric acid groups is 2. The fourth-order valence-electron chi connectivity index (χ4n) is 0.356. The zero-order chi connectivity index (χ0) is 18.1. The van der Waals surface area contributed by atoms with E-state index in [-0.39, 0.29) is 144 Å². The van der Waals surface area contributed by atoms with Gasteiger partial charge in [-0.05, 0) is 18.3 Å². The van der Waals surface area contributed by atoms with Crippen molar-refractivity contribution < 1.29 is 74.0 Å². The molecule has 0 aliphatic heterocycles. The van der Waals surface area contributed by atoms with Gasteiger partial charge in [0.2, 0.25) is 0 Å². The first-order valence-corrected chi connectivity index (χ1v) is 11.0. The molecule has 0 N–H and O–H groups in total. The number of rotatable bonds is 8. The summed E-state index contributed by atoms with van der Waals surface area (Å²) in [7, 11) is -25.2. The molecule has 0 aromatic heterocycles. The zero-order valence-corrected chi connectivity index (χ0v) is 27.1. The second-order valence-corrected chi connectivity index (χ2v) is 8.31. The second-order valence-electron chi connectivity index (χ2n) is 2.12. The molecule has 0 fully saturated rings. The molecule has 0 aromatic carbocycles. The normalized spacial score (nSPS) is 15.9. The largest absolute Gasteiger partial charge is 2.00 e. The summed E-state index contributed by atoms with van der Waals surface area (Å²) in [6, 6.07) is 0. The standard InChI is InChI=1S/CH4.2HO8P3.3Sr/c;2*1-9(2)7-11(5,6)8-10(3)4;;;/h1H4;2*(H,5,6);;;/q;;;3*+2/p-2. The number of hydrogen-bond donors (Lipinski definition) is 0. The molecule has 0 aliphatic rings. The fraction of sp³-hybridized carbons (Fsp3) is 1.00. The summed E-state index contributed by atoms with van der Waals surface area (Å²) in [5.41, 5.74) is 0. The van der Waals surface area contributed by atoms with Gasteiger partial charge in [-0.1, -0.05) is 24.7 Å². The molecule has 0 spiro atoms. The van der Waals surface area contributed by atoms with Gasteiger partial charge in [0, 0.05) is 0 Å². The van der Waals surface area contributed by atoms with Crippen LogP contribution in [0.25, 0.3) is 0 Å². The first-order chi connectivity index (χ1) is 9.67. The van der Waals surface area contributed by atoms with Crippen LogP contribution >= 0.6 is 48.7 Å². The monoisotopic (exact) mass is 722 g/mol. The van der Waals surface area contributed by atoms with Gasteiger partial charge in [-0.2, -0.15) is 0 Å². The summed E-state index contributed by atoms with van der Waals surface area (Å²) in [4.78, 5) is 58.4. The third-order valence-electron chi connectivity index (χ3n) is 0.667. The van der Waals surface area contributed by atoms with Gasteiger partial charge in [-0.25, -0.2) is 0 Å². The van der Waals surface area contributed by atoms with E-state index in [0.717, 1.165) is 0 Å². The molecular formula is CH4O16P6Sr3+4. The van der Waals surface area contributed by atoms with Crippen molar-refractivity contribution in [1.82, 2.24) is 0 Å². The number of hydrogen-bond acceptors (Lipinski definition) is 16. The summed E-state index contributed by atoms with van der Waals surface area (Å²) in [5, 5.41) is 0. The van der Waals surface area contributed by atoms with E-state index in [1.54, 1.807) is 0 Å². The van der Waals surface area contributed by atoms with E-state index in [9.17, 15) is 56.8 Å². The molecule has 0 aliphatic carbocycles. The second kappa shape index (κ2) is 23.1. The Kier molecular flexibility index (Phi) is 39.5. The van der Waals surface area contributed by atoms with Crippen LogP contribution in [-0.4, -0.2) is 136 Å². The van der Waals surface area contributed by atoms with Crippen molar-refractivity contribution in [3.63, 3.8) is 0 Å². The van der Waals surface area contributed by atoms with Gasteiger partial charge < -0.3 is 29.4 Å². The molecule has 25 heteroatoms. The van der Waals surface area contributed by atoms with E-state index < -0.39 is 48.7 Å². The molecule has 0 aromatic rings. The molecule has 0 bridgehead atoms. The van der Waals surface area contributed by atoms with Crippen LogP contribution in [0.4, 0.5) is 0 Å². The molecule has 0 rings (SSSR count). The van der Waals surface area contributed by atoms with Crippen LogP contribution in [-0.2, 0) is 44.6 Å². The van der Waals surface area contributed by atoms with E-state index in [1.807, 2.05) is 0 Å². The Bertz CT molecular complexity index is 458. The third-order valence-corrected chi connectivity index (χ3v) is 6.00. The first-order valence-electron chi connectivity index (χ1n) is 3.65. The molecule has 16 nitrogen and oxygen atoms in total. The van der Waals surface area contributed by atoms with Gasteiger partial charge in [-0.15, -0.1) is 0 Å². The quantitative estimate of drug-likeness (QED) is 0.174. The van der Waals surface area contributed by atoms with Gasteiger partial charge in [0.1, 0.15) is 0 Å². The smallest absolute Gasteiger partial charge is 0.750 e. The van der Waals surface area contributed by atoms with Crippen molar-refractivity contribution in [3.8, 4) is 0 Å². The fourth-order valence-corrected chi connectivity index (χ4v) is 3.74. The Morgan fingerprint density at radius 1 is 0.538 bits per heavy atom. The van der Waals surface area contributed by atoms with Crippen LogP contribution in [0.2, 0.25) is 0 Å². The molecule has 0 saturated heterocycles. The predicted octanol–water partition coefficient (Wildman–Crippen LogP) is -3.46. The van der Waals surface area contributed by atoms with Gasteiger partial charge in [0.05, 0.1) is 0 Å². The van der Waals surface area contributed by atoms with Gasteiger partial charge in [0.15, 0.2) is 0 Å². The van der Waals surface area contributed by atoms with Crippen LogP contribution < -0.4 is 29.4 Å². The minimum absolute atomic E-state index is 0. The van der Waals surface area contributed by atoms with Gasteiger partial charge in [-0.3, -0.25) is 9.13 Å². The van der Waals surface area contributed by atoms with Crippen molar-refractivity contribution in [1.29, 1.82) is 0 Å². The van der Waals surface area contributed by atoms with E-state index in [2.05, 4.69) is 17.2 Å². The van der Waals surface area contributed by atoms with E-state index in [1.165, 1.54) is 0 Å². The van der Waals surface area contributed by atoms with Crippen LogP contribution in [0, 0.1) is 0 Å². The minimum atomic E-state index is -5.25. The molecular weight excluding hydrogens is 717 g/mol. The van der Waals surface area contributed by atoms with Crippen molar-refractivity contribution in [2.45, 2.75) is 7.43 Å². The van der Waals surface area contributed by atoms with Gasteiger partial charge in [0.25, 0.3) is 0 Å². The Morgan fingerprint density at radius 3 is 0.731 bits per heavy atom. The van der Waals surface area contributed by atoms with Crippen molar-refractivity contribution in [3.05, 3.63) is 0 Å². The zero-order valence-electron chi connectivity index (χ0n) is 11.3. The predicted molar refractivity (Wildman–Crippen MR) is 74.0 cm³/mol. The molecule has 4 unspecified atom stereocenters. The van der Waals surface area contributed by atoms with Crippen LogP contribution in [0.3, 0.4) is 0 Å². The summed E-state index contributed by atoms with van der Waals surface area (Å²) < 4.78 is 70.8. The van der Waals surface area contributed by atoms with Crippen molar-refractivity contribution in [2.24, 2.45) is 0 Å². The Hall–Kier alpha value is 4.90. The SMILES string of the molecule is C.O=[P+]([O-])OP(=O)([O-])O[P+](=O)[O-].O=[P+]([O-])OP(=O)([O-])O[P+](=O)[O-].[Sr+2].[Sr+2].[Sr+2]. The Morgan fingerprint density at radius 2 is 0.654 bits per heavy atom. The third kappa shape index (κ3) is 36.3. The molecule has 136 valence electrons. The van der Waals surface area contributed by atoms with Crippen molar-refractivity contribution in [2.75, 3.05) is 0 Å². The van der Waals surface area contributed by atoms with Crippen molar-refractivity contribution >= 4 is 185 Å². The summed E-state index contributed by atoms with van der Waals surface area (Å²) in [5.74, 6) is 0. The van der Waals surface area contributed by atoms with Gasteiger partial charge >= 0.3 is 185 Å². The molecule has 0 amide bonds. The van der Waals surface area contributed by atoms with E-state index in [0.29, 0.717) is 0 Å². The van der Waals surface area contributed by atoms with E-state index >= 15 is 0 Å². The van der Waals surface area contributed by atoms with Crippen LogP contribution in [0.5, 0.6) is 0 Å². The van der Waals surface area contributed by atoms with Crippen LogP contribution in [0.15, 0.2) is 0 Å². The molecule has 4 atom stereocenters. The molecule has 0 saturated carbocycles. The topological polar surface area (TPSA) is 278 Å². The summed E-state index contributed by atoms with van der Waals surface area (Å²) >= 11 is 0. The maximum Gasteiger partial charge on any atom is 2.00 e. The molecule has 0 heterocycles. The average molecular weight is 721 g/mol. The minimum Gasteiger partial charge on any atom is -0.750 e. The molecule has 0 radical (unpaired) electrons. The Balaban J connectivity index is -0.0000000667. The average Bonchev–Trinajstić information content (AvgIpc) is 2.06. The maximum atomic E-state index is 10.1. The van der Waals surface area contributed by atoms with E-state index in [4.69, 9.17) is 0 Å².